The molecule has 1 atom stereocenters. The van der Waals surface area contributed by atoms with Crippen LogP contribution in [0.25, 0.3) is 11.5 Å². The molecule has 0 aliphatic carbocycles. The summed E-state index contributed by atoms with van der Waals surface area (Å²) < 4.78 is 5.45. The van der Waals surface area contributed by atoms with Gasteiger partial charge in [-0.15, -0.1) is 0 Å². The van der Waals surface area contributed by atoms with Gasteiger partial charge in [-0.2, -0.15) is 4.98 Å². The highest BCUT2D eigenvalue weighted by Gasteiger charge is 2.24. The molecule has 0 radical (unpaired) electrons. The normalized spacial score (nSPS) is 15.9. The van der Waals surface area contributed by atoms with Gasteiger partial charge in [0, 0.05) is 25.6 Å². The van der Waals surface area contributed by atoms with Gasteiger partial charge in [0.15, 0.2) is 0 Å². The predicted octanol–water partition coefficient (Wildman–Crippen LogP) is 4.32. The summed E-state index contributed by atoms with van der Waals surface area (Å²) in [7, 11) is 0. The summed E-state index contributed by atoms with van der Waals surface area (Å²) in [6, 6.07) is 18.5. The molecule has 2 heterocycles. The van der Waals surface area contributed by atoms with Crippen molar-refractivity contribution in [2.75, 3.05) is 18.0 Å². The number of nitrogens with zero attached hydrogens (tertiary/aromatic N) is 3. The summed E-state index contributed by atoms with van der Waals surface area (Å²) in [6.07, 6.45) is 2.10. The van der Waals surface area contributed by atoms with Crippen molar-refractivity contribution in [3.05, 3.63) is 65.7 Å². The molecule has 2 aromatic carbocycles. The Morgan fingerprint density at radius 2 is 1.79 bits per heavy atom. The van der Waals surface area contributed by atoms with Gasteiger partial charge in [-0.3, -0.25) is 4.79 Å². The van der Waals surface area contributed by atoms with Crippen molar-refractivity contribution in [1.29, 1.82) is 0 Å². The van der Waals surface area contributed by atoms with Crippen LogP contribution in [0.15, 0.2) is 59.1 Å². The molecule has 0 unspecified atom stereocenters. The number of amides is 1. The van der Waals surface area contributed by atoms with Crippen LogP contribution in [-0.2, 0) is 4.79 Å². The number of piperidine rings is 1. The quantitative estimate of drug-likeness (QED) is 0.703. The molecule has 150 valence electrons. The minimum Gasteiger partial charge on any atom is -0.350 e. The van der Waals surface area contributed by atoms with E-state index in [1.54, 1.807) is 6.92 Å². The van der Waals surface area contributed by atoms with E-state index in [0.29, 0.717) is 17.8 Å². The fourth-order valence-electron chi connectivity index (χ4n) is 3.90. The van der Waals surface area contributed by atoms with Crippen molar-refractivity contribution in [3.8, 4) is 11.5 Å². The van der Waals surface area contributed by atoms with E-state index in [1.807, 2.05) is 37.3 Å². The topological polar surface area (TPSA) is 71.3 Å². The van der Waals surface area contributed by atoms with Crippen LogP contribution in [0.4, 0.5) is 5.95 Å². The number of carbonyl (C=O) groups excluding carboxylic acids is 1. The Morgan fingerprint density at radius 3 is 2.45 bits per heavy atom. The Kier molecular flexibility index (Phi) is 5.60. The van der Waals surface area contributed by atoms with E-state index in [0.717, 1.165) is 37.1 Å². The van der Waals surface area contributed by atoms with Gasteiger partial charge in [-0.1, -0.05) is 42.5 Å². The Labute approximate surface area is 170 Å². The average Bonchev–Trinajstić information content (AvgIpc) is 3.24. The van der Waals surface area contributed by atoms with Crippen molar-refractivity contribution in [2.45, 2.75) is 38.6 Å². The minimum atomic E-state index is -0.00849. The molecule has 29 heavy (non-hydrogen) atoms. The molecule has 1 aliphatic rings. The van der Waals surface area contributed by atoms with Gasteiger partial charge in [0.05, 0.1) is 6.04 Å². The van der Waals surface area contributed by atoms with E-state index in [2.05, 4.69) is 44.6 Å². The van der Waals surface area contributed by atoms with E-state index in [9.17, 15) is 4.79 Å². The number of benzene rings is 2. The zero-order valence-corrected chi connectivity index (χ0v) is 16.8. The van der Waals surface area contributed by atoms with E-state index in [1.165, 1.54) is 5.56 Å². The highest BCUT2D eigenvalue weighted by atomic mass is 16.5. The first kappa shape index (κ1) is 19.2. The SMILES string of the molecule is CC(=O)N[C@@H](C)c1ccc(C2CCN(c3noc(-c4ccccc4)n3)CC2)cc1. The van der Waals surface area contributed by atoms with Crippen molar-refractivity contribution >= 4 is 11.9 Å². The lowest BCUT2D eigenvalue weighted by Crippen LogP contribution is -2.33. The summed E-state index contributed by atoms with van der Waals surface area (Å²) in [5.74, 6) is 1.75. The van der Waals surface area contributed by atoms with Gasteiger partial charge in [0.25, 0.3) is 11.8 Å². The van der Waals surface area contributed by atoms with E-state index < -0.39 is 0 Å². The third-order valence-corrected chi connectivity index (χ3v) is 5.54. The van der Waals surface area contributed by atoms with Crippen LogP contribution >= 0.6 is 0 Å². The summed E-state index contributed by atoms with van der Waals surface area (Å²) in [5, 5.41) is 7.10. The Balaban J connectivity index is 1.36. The lowest BCUT2D eigenvalue weighted by Gasteiger charge is -2.31. The molecular weight excluding hydrogens is 364 g/mol. The molecule has 1 aromatic heterocycles. The van der Waals surface area contributed by atoms with Crippen molar-refractivity contribution in [1.82, 2.24) is 15.5 Å². The summed E-state index contributed by atoms with van der Waals surface area (Å²) >= 11 is 0. The second-order valence-corrected chi connectivity index (χ2v) is 7.62. The fourth-order valence-corrected chi connectivity index (χ4v) is 3.90. The molecule has 1 amide bonds. The molecule has 0 bridgehead atoms. The smallest absolute Gasteiger partial charge is 0.266 e. The molecule has 6 nitrogen and oxygen atoms in total. The maximum atomic E-state index is 11.2. The van der Waals surface area contributed by atoms with Crippen LogP contribution in [0.1, 0.15) is 49.8 Å². The molecule has 0 saturated carbocycles. The highest BCUT2D eigenvalue weighted by molar-refractivity contribution is 5.73. The number of aromatic nitrogens is 2. The van der Waals surface area contributed by atoms with Crippen LogP contribution in [-0.4, -0.2) is 29.1 Å². The van der Waals surface area contributed by atoms with Crippen LogP contribution in [0.2, 0.25) is 0 Å². The molecule has 1 fully saturated rings. The molecule has 1 N–H and O–H groups in total. The van der Waals surface area contributed by atoms with Gasteiger partial charge < -0.3 is 14.7 Å². The third-order valence-electron chi connectivity index (χ3n) is 5.54. The number of carbonyl (C=O) groups is 1. The van der Waals surface area contributed by atoms with E-state index in [4.69, 9.17) is 4.52 Å². The maximum Gasteiger partial charge on any atom is 0.266 e. The molecular formula is C23H26N4O2. The molecule has 1 aliphatic heterocycles. The summed E-state index contributed by atoms with van der Waals surface area (Å²) in [4.78, 5) is 18.0. The Hall–Kier alpha value is -3.15. The monoisotopic (exact) mass is 390 g/mol. The Bertz CT molecular complexity index is 945. The third kappa shape index (κ3) is 4.47. The maximum absolute atomic E-state index is 11.2. The zero-order valence-electron chi connectivity index (χ0n) is 16.8. The van der Waals surface area contributed by atoms with Crippen molar-refractivity contribution in [2.24, 2.45) is 0 Å². The summed E-state index contributed by atoms with van der Waals surface area (Å²) in [6.45, 7) is 5.36. The Morgan fingerprint density at radius 1 is 1.10 bits per heavy atom. The first-order valence-electron chi connectivity index (χ1n) is 10.1. The number of anilines is 1. The fraction of sp³-hybridized carbons (Fsp3) is 0.348. The molecule has 1 saturated heterocycles. The van der Waals surface area contributed by atoms with Gasteiger partial charge in [-0.25, -0.2) is 0 Å². The van der Waals surface area contributed by atoms with Crippen LogP contribution in [0.5, 0.6) is 0 Å². The van der Waals surface area contributed by atoms with Crippen LogP contribution < -0.4 is 10.2 Å². The second kappa shape index (κ2) is 8.47. The molecule has 0 spiro atoms. The molecule has 6 heteroatoms. The molecule has 3 aromatic rings. The van der Waals surface area contributed by atoms with E-state index in [-0.39, 0.29) is 11.9 Å². The second-order valence-electron chi connectivity index (χ2n) is 7.62. The lowest BCUT2D eigenvalue weighted by atomic mass is 9.88. The van der Waals surface area contributed by atoms with Gasteiger partial charge >= 0.3 is 0 Å². The largest absolute Gasteiger partial charge is 0.350 e. The van der Waals surface area contributed by atoms with Gasteiger partial charge in [0.1, 0.15) is 0 Å². The number of nitrogens with one attached hydrogen (secondary N) is 1. The lowest BCUT2D eigenvalue weighted by molar-refractivity contribution is -0.119. The van der Waals surface area contributed by atoms with E-state index >= 15 is 0 Å². The minimum absolute atomic E-state index is 0.00849. The standard InChI is InChI=1S/C23H26N4O2/c1-16(24-17(2)28)18-8-10-19(11-9-18)20-12-14-27(15-13-20)23-25-22(29-26-23)21-6-4-3-5-7-21/h3-11,16,20H,12-15H2,1-2H3,(H,24,28)/t16-/m0/s1. The number of rotatable bonds is 5. The predicted molar refractivity (Wildman–Crippen MR) is 113 cm³/mol. The van der Waals surface area contributed by atoms with Crippen molar-refractivity contribution < 1.29 is 9.32 Å². The van der Waals surface area contributed by atoms with Gasteiger partial charge in [0.2, 0.25) is 5.91 Å². The first-order valence-corrected chi connectivity index (χ1v) is 10.1. The highest BCUT2D eigenvalue weighted by Crippen LogP contribution is 2.31. The average molecular weight is 390 g/mol. The zero-order chi connectivity index (χ0) is 20.2. The van der Waals surface area contributed by atoms with Crippen LogP contribution in [0, 0.1) is 0 Å². The van der Waals surface area contributed by atoms with Gasteiger partial charge in [-0.05, 0) is 54.1 Å². The first-order chi connectivity index (χ1) is 14.1. The number of hydrogen-bond acceptors (Lipinski definition) is 5. The van der Waals surface area contributed by atoms with Crippen molar-refractivity contribution in [3.63, 3.8) is 0 Å². The summed E-state index contributed by atoms with van der Waals surface area (Å²) in [5.41, 5.74) is 3.41. The molecule has 4 rings (SSSR count). The number of hydrogen-bond donors (Lipinski definition) is 1. The van der Waals surface area contributed by atoms with Crippen LogP contribution in [0.3, 0.4) is 0 Å².